The molecule has 9 aromatic carbocycles. The molecule has 1 aromatic heterocycles. The molecule has 0 N–H and O–H groups in total. The lowest BCUT2D eigenvalue weighted by atomic mass is 9.91. The van der Waals surface area contributed by atoms with Crippen LogP contribution in [0.1, 0.15) is 0 Å². The van der Waals surface area contributed by atoms with Gasteiger partial charge in [0.15, 0.2) is 0 Å². The van der Waals surface area contributed by atoms with E-state index in [1.165, 1.54) is 65.6 Å². The third-order valence-electron chi connectivity index (χ3n) is 10.4. The summed E-state index contributed by atoms with van der Waals surface area (Å²) in [5.41, 5.74) is 11.5. The van der Waals surface area contributed by atoms with Crippen molar-refractivity contribution in [3.05, 3.63) is 206 Å². The van der Waals surface area contributed by atoms with Crippen LogP contribution >= 0.6 is 0 Å². The molecule has 0 aliphatic heterocycles. The molecule has 2 nitrogen and oxygen atoms in total. The number of para-hydroxylation sites is 4. The Morgan fingerprint density at radius 1 is 0.327 bits per heavy atom. The van der Waals surface area contributed by atoms with Crippen LogP contribution in [0.3, 0.4) is 0 Å². The zero-order chi connectivity index (χ0) is 34.4. The highest BCUT2D eigenvalue weighted by Crippen LogP contribution is 2.47. The zero-order valence-electron chi connectivity index (χ0n) is 28.5. The average Bonchev–Trinajstić information content (AvgIpc) is 3.56. The Morgan fingerprint density at radius 2 is 0.846 bits per heavy atom. The first kappa shape index (κ1) is 30.0. The summed E-state index contributed by atoms with van der Waals surface area (Å²) in [6.07, 6.45) is 0. The zero-order valence-corrected chi connectivity index (χ0v) is 28.5. The molecule has 52 heavy (non-hydrogen) atoms. The molecule has 244 valence electrons. The van der Waals surface area contributed by atoms with Gasteiger partial charge in [0.1, 0.15) is 0 Å². The summed E-state index contributed by atoms with van der Waals surface area (Å²) in [4.78, 5) is 2.42. The van der Waals surface area contributed by atoms with Gasteiger partial charge >= 0.3 is 0 Å². The molecular formula is C50H34N2. The van der Waals surface area contributed by atoms with Crippen molar-refractivity contribution in [1.82, 2.24) is 4.57 Å². The summed E-state index contributed by atoms with van der Waals surface area (Å²) in [5, 5.41) is 7.46. The van der Waals surface area contributed by atoms with Crippen LogP contribution in [0.4, 0.5) is 17.1 Å². The van der Waals surface area contributed by atoms with Gasteiger partial charge < -0.3 is 9.47 Å². The predicted molar refractivity (Wildman–Crippen MR) is 221 cm³/mol. The van der Waals surface area contributed by atoms with Crippen molar-refractivity contribution in [2.45, 2.75) is 0 Å². The fraction of sp³-hybridized carbons (Fsp3) is 0. The molecule has 0 atom stereocenters. The van der Waals surface area contributed by atoms with Crippen LogP contribution < -0.4 is 4.90 Å². The lowest BCUT2D eigenvalue weighted by Gasteiger charge is -2.30. The highest BCUT2D eigenvalue weighted by Gasteiger charge is 2.24. The standard InChI is InChI=1S/C50H34N2/c1-3-16-35(17-4-1)36-30-32-39(33-31-36)51(38-19-5-2-6-20-38)49-29-15-26-45(46-34-37-18-7-8-21-40(37)41-22-9-10-23-42(41)46)50(49)52-47-27-13-11-24-43(47)44-25-12-14-28-48(44)52/h1-34H. The number of rotatable bonds is 6. The number of anilines is 3. The Kier molecular flexibility index (Phi) is 7.18. The summed E-state index contributed by atoms with van der Waals surface area (Å²) in [6.45, 7) is 0. The van der Waals surface area contributed by atoms with E-state index in [-0.39, 0.29) is 0 Å². The highest BCUT2D eigenvalue weighted by molar-refractivity contribution is 6.16. The Labute approximate surface area is 303 Å². The number of hydrogen-bond acceptors (Lipinski definition) is 1. The minimum Gasteiger partial charge on any atom is -0.308 e. The van der Waals surface area contributed by atoms with Crippen LogP contribution in [0.15, 0.2) is 206 Å². The van der Waals surface area contributed by atoms with Gasteiger partial charge in [-0.25, -0.2) is 0 Å². The van der Waals surface area contributed by atoms with Crippen molar-refractivity contribution >= 4 is 60.4 Å². The monoisotopic (exact) mass is 662 g/mol. The fourth-order valence-corrected chi connectivity index (χ4v) is 8.04. The molecule has 0 radical (unpaired) electrons. The van der Waals surface area contributed by atoms with Crippen molar-refractivity contribution in [2.24, 2.45) is 0 Å². The van der Waals surface area contributed by atoms with Crippen LogP contribution in [0.5, 0.6) is 0 Å². The molecule has 0 saturated heterocycles. The SMILES string of the molecule is c1ccc(-c2ccc(N(c3ccccc3)c3cccc(-c4cc5ccccc5c5ccccc45)c3-n3c4ccccc4c4ccccc43)cc2)cc1. The van der Waals surface area contributed by atoms with Crippen molar-refractivity contribution in [1.29, 1.82) is 0 Å². The van der Waals surface area contributed by atoms with E-state index in [0.717, 1.165) is 22.7 Å². The molecule has 0 fully saturated rings. The molecule has 0 saturated carbocycles. The molecule has 0 aliphatic carbocycles. The third kappa shape index (κ3) is 4.88. The van der Waals surface area contributed by atoms with Crippen molar-refractivity contribution in [2.75, 3.05) is 4.90 Å². The molecule has 0 bridgehead atoms. The molecule has 0 spiro atoms. The second-order valence-electron chi connectivity index (χ2n) is 13.3. The molecular weight excluding hydrogens is 629 g/mol. The van der Waals surface area contributed by atoms with Gasteiger partial charge in [-0.2, -0.15) is 0 Å². The van der Waals surface area contributed by atoms with Crippen molar-refractivity contribution in [3.63, 3.8) is 0 Å². The largest absolute Gasteiger partial charge is 0.308 e. The maximum Gasteiger partial charge on any atom is 0.0782 e. The molecule has 10 aromatic rings. The maximum absolute atomic E-state index is 2.49. The van der Waals surface area contributed by atoms with E-state index in [9.17, 15) is 0 Å². The molecule has 0 amide bonds. The van der Waals surface area contributed by atoms with Gasteiger partial charge in [-0.3, -0.25) is 0 Å². The minimum absolute atomic E-state index is 1.09. The van der Waals surface area contributed by atoms with Gasteiger partial charge in [-0.05, 0) is 86.8 Å². The lowest BCUT2D eigenvalue weighted by molar-refractivity contribution is 1.15. The van der Waals surface area contributed by atoms with E-state index in [1.54, 1.807) is 0 Å². The second kappa shape index (κ2) is 12.5. The molecule has 0 unspecified atom stereocenters. The quantitative estimate of drug-likeness (QED) is 0.161. The van der Waals surface area contributed by atoms with Gasteiger partial charge in [-0.1, -0.05) is 158 Å². The molecule has 2 heteroatoms. The molecule has 0 aliphatic rings. The normalized spacial score (nSPS) is 11.5. The Morgan fingerprint density at radius 3 is 1.54 bits per heavy atom. The first-order valence-electron chi connectivity index (χ1n) is 17.9. The predicted octanol–water partition coefficient (Wildman–Crippen LogP) is 13.9. The number of benzene rings is 9. The molecule has 10 rings (SSSR count). The van der Waals surface area contributed by atoms with E-state index in [4.69, 9.17) is 0 Å². The van der Waals surface area contributed by atoms with Crippen molar-refractivity contribution in [3.8, 4) is 27.9 Å². The molecule has 1 heterocycles. The summed E-state index contributed by atoms with van der Waals surface area (Å²) in [7, 11) is 0. The average molecular weight is 663 g/mol. The number of fused-ring (bicyclic) bond motifs is 6. The Balaban J connectivity index is 1.33. The van der Waals surface area contributed by atoms with E-state index in [2.05, 4.69) is 216 Å². The number of nitrogens with zero attached hydrogens (tertiary/aromatic N) is 2. The van der Waals surface area contributed by atoms with Gasteiger partial charge in [0, 0.05) is 27.7 Å². The first-order chi connectivity index (χ1) is 25.8. The van der Waals surface area contributed by atoms with Crippen LogP contribution in [-0.4, -0.2) is 4.57 Å². The highest BCUT2D eigenvalue weighted by atomic mass is 15.2. The smallest absolute Gasteiger partial charge is 0.0782 e. The Hall–Kier alpha value is -6.90. The van der Waals surface area contributed by atoms with Gasteiger partial charge in [0.25, 0.3) is 0 Å². The topological polar surface area (TPSA) is 8.17 Å². The van der Waals surface area contributed by atoms with Crippen LogP contribution in [0, 0.1) is 0 Å². The lowest BCUT2D eigenvalue weighted by Crippen LogP contribution is -2.14. The van der Waals surface area contributed by atoms with E-state index >= 15 is 0 Å². The number of hydrogen-bond donors (Lipinski definition) is 0. The summed E-state index contributed by atoms with van der Waals surface area (Å²) in [6, 6.07) is 74.8. The van der Waals surface area contributed by atoms with E-state index < -0.39 is 0 Å². The van der Waals surface area contributed by atoms with Crippen LogP contribution in [-0.2, 0) is 0 Å². The second-order valence-corrected chi connectivity index (χ2v) is 13.3. The maximum atomic E-state index is 2.49. The van der Waals surface area contributed by atoms with Gasteiger partial charge in [-0.15, -0.1) is 0 Å². The Bertz CT molecular complexity index is 2830. The van der Waals surface area contributed by atoms with Gasteiger partial charge in [0.2, 0.25) is 0 Å². The van der Waals surface area contributed by atoms with Gasteiger partial charge in [0.05, 0.1) is 22.4 Å². The minimum atomic E-state index is 1.09. The summed E-state index contributed by atoms with van der Waals surface area (Å²) < 4.78 is 2.49. The fourth-order valence-electron chi connectivity index (χ4n) is 8.04. The summed E-state index contributed by atoms with van der Waals surface area (Å²) in [5.74, 6) is 0. The first-order valence-corrected chi connectivity index (χ1v) is 17.9. The summed E-state index contributed by atoms with van der Waals surface area (Å²) >= 11 is 0. The van der Waals surface area contributed by atoms with Crippen LogP contribution in [0.25, 0.3) is 71.3 Å². The number of aromatic nitrogens is 1. The van der Waals surface area contributed by atoms with E-state index in [0.29, 0.717) is 0 Å². The van der Waals surface area contributed by atoms with E-state index in [1.807, 2.05) is 0 Å². The van der Waals surface area contributed by atoms with Crippen molar-refractivity contribution < 1.29 is 0 Å². The third-order valence-corrected chi connectivity index (χ3v) is 10.4. The van der Waals surface area contributed by atoms with Crippen LogP contribution in [0.2, 0.25) is 0 Å².